The van der Waals surface area contributed by atoms with Crippen LogP contribution in [0.4, 0.5) is 11.4 Å². The van der Waals surface area contributed by atoms with Crippen molar-refractivity contribution in [3.63, 3.8) is 0 Å². The van der Waals surface area contributed by atoms with Crippen LogP contribution in [0.25, 0.3) is 0 Å². The largest absolute Gasteiger partial charge is 0.481 e. The second-order valence-electron chi connectivity index (χ2n) is 4.91. The summed E-state index contributed by atoms with van der Waals surface area (Å²) in [6.45, 7) is 1.69. The fourth-order valence-electron chi connectivity index (χ4n) is 1.73. The molecule has 0 heterocycles. The highest BCUT2D eigenvalue weighted by molar-refractivity contribution is 7.92. The molecule has 0 radical (unpaired) electrons. The van der Waals surface area contributed by atoms with Crippen LogP contribution in [0.15, 0.2) is 24.3 Å². The molecule has 0 bridgehead atoms. The number of anilines is 2. The van der Waals surface area contributed by atoms with E-state index in [4.69, 9.17) is 5.11 Å². The van der Waals surface area contributed by atoms with Crippen LogP contribution < -0.4 is 10.0 Å². The minimum absolute atomic E-state index is 0.0648. The molecule has 1 unspecified atom stereocenters. The molecule has 0 aliphatic carbocycles. The number of nitrogens with one attached hydrogen (secondary N) is 2. The molecular formula is C13H18N2O5S. The molecule has 1 aromatic carbocycles. The first-order valence-corrected chi connectivity index (χ1v) is 8.14. The van der Waals surface area contributed by atoms with Crippen molar-refractivity contribution in [2.45, 2.75) is 19.8 Å². The first kappa shape index (κ1) is 17.0. The van der Waals surface area contributed by atoms with Crippen LogP contribution in [0.2, 0.25) is 0 Å². The van der Waals surface area contributed by atoms with Crippen LogP contribution in [0.3, 0.4) is 0 Å². The average molecular weight is 314 g/mol. The monoisotopic (exact) mass is 314 g/mol. The Morgan fingerprint density at radius 1 is 1.14 bits per heavy atom. The lowest BCUT2D eigenvalue weighted by Gasteiger charge is -2.10. The number of hydrogen-bond donors (Lipinski definition) is 3. The third-order valence-electron chi connectivity index (χ3n) is 2.53. The first-order valence-electron chi connectivity index (χ1n) is 6.25. The van der Waals surface area contributed by atoms with Gasteiger partial charge in [-0.2, -0.15) is 0 Å². The van der Waals surface area contributed by atoms with E-state index in [0.717, 1.165) is 6.26 Å². The zero-order valence-corrected chi connectivity index (χ0v) is 12.6. The number of carboxylic acids is 1. The fourth-order valence-corrected chi connectivity index (χ4v) is 2.30. The van der Waals surface area contributed by atoms with E-state index in [1.54, 1.807) is 19.1 Å². The summed E-state index contributed by atoms with van der Waals surface area (Å²) in [5.41, 5.74) is 0.913. The van der Waals surface area contributed by atoms with Crippen molar-refractivity contribution < 1.29 is 23.1 Å². The van der Waals surface area contributed by atoms with Crippen molar-refractivity contribution in [1.82, 2.24) is 0 Å². The van der Waals surface area contributed by atoms with Gasteiger partial charge in [-0.25, -0.2) is 8.42 Å². The highest BCUT2D eigenvalue weighted by Crippen LogP contribution is 2.16. The number of carboxylic acid groups (broad SMARTS) is 1. The van der Waals surface area contributed by atoms with Crippen molar-refractivity contribution in [1.29, 1.82) is 0 Å². The molecule has 0 aromatic heterocycles. The van der Waals surface area contributed by atoms with Crippen LogP contribution in [0, 0.1) is 5.92 Å². The quantitative estimate of drug-likeness (QED) is 0.706. The number of benzene rings is 1. The van der Waals surface area contributed by atoms with Gasteiger partial charge in [0.25, 0.3) is 0 Å². The molecule has 1 aromatic rings. The zero-order chi connectivity index (χ0) is 16.0. The van der Waals surface area contributed by atoms with E-state index in [0.29, 0.717) is 11.4 Å². The number of amides is 1. The number of rotatable bonds is 7. The predicted octanol–water partition coefficient (Wildman–Crippen LogP) is 1.50. The van der Waals surface area contributed by atoms with Crippen LogP contribution in [0.1, 0.15) is 19.8 Å². The highest BCUT2D eigenvalue weighted by Gasteiger charge is 2.12. The van der Waals surface area contributed by atoms with Crippen molar-refractivity contribution in [2.75, 3.05) is 16.3 Å². The lowest BCUT2D eigenvalue weighted by Crippen LogP contribution is -2.17. The maximum atomic E-state index is 11.7. The van der Waals surface area contributed by atoms with Gasteiger partial charge in [0.05, 0.1) is 6.26 Å². The van der Waals surface area contributed by atoms with E-state index in [1.807, 2.05) is 0 Å². The van der Waals surface area contributed by atoms with E-state index in [-0.39, 0.29) is 24.7 Å². The molecule has 0 saturated carbocycles. The summed E-state index contributed by atoms with van der Waals surface area (Å²) in [6, 6.07) is 6.18. The molecule has 1 atom stereocenters. The Kier molecular flexibility index (Phi) is 5.71. The number of carbonyl (C=O) groups excluding carboxylic acids is 1. The summed E-state index contributed by atoms with van der Waals surface area (Å²) in [5.74, 6) is -1.48. The predicted molar refractivity (Wildman–Crippen MR) is 79.6 cm³/mol. The topological polar surface area (TPSA) is 113 Å². The van der Waals surface area contributed by atoms with Gasteiger partial charge in [-0.15, -0.1) is 0 Å². The van der Waals surface area contributed by atoms with Crippen LogP contribution in [0.5, 0.6) is 0 Å². The second kappa shape index (κ2) is 7.07. The molecule has 7 nitrogen and oxygen atoms in total. The number of sulfonamides is 1. The Morgan fingerprint density at radius 3 is 2.14 bits per heavy atom. The summed E-state index contributed by atoms with van der Waals surface area (Å²) in [7, 11) is -3.33. The molecule has 1 amide bonds. The van der Waals surface area contributed by atoms with Crippen LogP contribution >= 0.6 is 0 Å². The van der Waals surface area contributed by atoms with Crippen LogP contribution in [-0.4, -0.2) is 31.7 Å². The van der Waals surface area contributed by atoms with E-state index >= 15 is 0 Å². The van der Waals surface area contributed by atoms with Gasteiger partial charge in [-0.1, -0.05) is 6.92 Å². The summed E-state index contributed by atoms with van der Waals surface area (Å²) in [6.07, 6.45) is 1.09. The van der Waals surface area contributed by atoms with Crippen molar-refractivity contribution in [3.8, 4) is 0 Å². The minimum Gasteiger partial charge on any atom is -0.481 e. The molecule has 0 aliphatic rings. The second-order valence-corrected chi connectivity index (χ2v) is 6.66. The Bertz CT molecular complexity index is 610. The van der Waals surface area contributed by atoms with E-state index < -0.39 is 16.0 Å². The standard InChI is InChI=1S/C13H18N2O5S/c1-9(8-13(17)18)7-12(16)14-10-3-5-11(6-4-10)15-21(2,19)20/h3-6,9,15H,7-8H2,1-2H3,(H,14,16)(H,17,18). The van der Waals surface area contributed by atoms with Gasteiger partial charge in [0.15, 0.2) is 0 Å². The Morgan fingerprint density at radius 2 is 1.67 bits per heavy atom. The Balaban J connectivity index is 2.55. The Labute approximate surface area is 123 Å². The van der Waals surface area contributed by atoms with Crippen molar-refractivity contribution >= 4 is 33.3 Å². The van der Waals surface area contributed by atoms with E-state index in [1.165, 1.54) is 12.1 Å². The van der Waals surface area contributed by atoms with Gasteiger partial charge >= 0.3 is 5.97 Å². The normalized spacial score (nSPS) is 12.5. The number of carbonyl (C=O) groups is 2. The van der Waals surface area contributed by atoms with Crippen molar-refractivity contribution in [2.24, 2.45) is 5.92 Å². The molecule has 0 fully saturated rings. The summed E-state index contributed by atoms with van der Waals surface area (Å²) < 4.78 is 24.4. The molecule has 0 aliphatic heterocycles. The molecule has 0 saturated heterocycles. The summed E-state index contributed by atoms with van der Waals surface area (Å²) in [4.78, 5) is 22.2. The maximum absolute atomic E-state index is 11.7. The van der Waals surface area contributed by atoms with E-state index in [9.17, 15) is 18.0 Å². The molecule has 0 spiro atoms. The molecular weight excluding hydrogens is 296 g/mol. The molecule has 116 valence electrons. The molecule has 8 heteroatoms. The van der Waals surface area contributed by atoms with Gasteiger partial charge in [-0.05, 0) is 30.2 Å². The first-order chi connectivity index (χ1) is 9.65. The van der Waals surface area contributed by atoms with Gasteiger partial charge in [-0.3, -0.25) is 14.3 Å². The number of hydrogen-bond acceptors (Lipinski definition) is 4. The average Bonchev–Trinajstić information content (AvgIpc) is 2.28. The lowest BCUT2D eigenvalue weighted by atomic mass is 10.0. The third kappa shape index (κ3) is 7.31. The lowest BCUT2D eigenvalue weighted by molar-refractivity contribution is -0.138. The highest BCUT2D eigenvalue weighted by atomic mass is 32.2. The van der Waals surface area contributed by atoms with Gasteiger partial charge < -0.3 is 10.4 Å². The molecule has 3 N–H and O–H groups in total. The number of aliphatic carboxylic acids is 1. The van der Waals surface area contributed by atoms with Gasteiger partial charge in [0, 0.05) is 24.2 Å². The summed E-state index contributed by atoms with van der Waals surface area (Å²) >= 11 is 0. The molecule has 21 heavy (non-hydrogen) atoms. The Hall–Kier alpha value is -2.09. The zero-order valence-electron chi connectivity index (χ0n) is 11.8. The third-order valence-corrected chi connectivity index (χ3v) is 3.14. The van der Waals surface area contributed by atoms with Gasteiger partial charge in [0.1, 0.15) is 0 Å². The smallest absolute Gasteiger partial charge is 0.303 e. The maximum Gasteiger partial charge on any atom is 0.303 e. The summed E-state index contributed by atoms with van der Waals surface area (Å²) in [5, 5.41) is 11.2. The van der Waals surface area contributed by atoms with Crippen molar-refractivity contribution in [3.05, 3.63) is 24.3 Å². The van der Waals surface area contributed by atoms with Crippen LogP contribution in [-0.2, 0) is 19.6 Å². The minimum atomic E-state index is -3.33. The SMILES string of the molecule is CC(CC(=O)O)CC(=O)Nc1ccc(NS(C)(=O)=O)cc1. The van der Waals surface area contributed by atoms with Gasteiger partial charge in [0.2, 0.25) is 15.9 Å². The van der Waals surface area contributed by atoms with E-state index in [2.05, 4.69) is 10.0 Å². The fraction of sp³-hybridized carbons (Fsp3) is 0.385. The molecule has 1 rings (SSSR count).